The number of hydrogen-bond donors (Lipinski definition) is 0. The zero-order valence-electron chi connectivity index (χ0n) is 16.3. The molecule has 0 amide bonds. The van der Waals surface area contributed by atoms with E-state index in [2.05, 4.69) is 82.3 Å². The first-order chi connectivity index (χ1) is 11.6. The molecule has 0 N–H and O–H groups in total. The molecular weight excluding hydrogens is 450 g/mol. The maximum atomic E-state index is 2.24. The van der Waals surface area contributed by atoms with Crippen molar-refractivity contribution < 1.29 is 51.0 Å². The molecule has 0 nitrogen and oxygen atoms in total. The first-order valence-corrected chi connectivity index (χ1v) is 8.40. The fourth-order valence-electron chi connectivity index (χ4n) is 2.22. The van der Waals surface area contributed by atoms with Crippen molar-refractivity contribution in [2.45, 2.75) is 27.7 Å². The van der Waals surface area contributed by atoms with Crippen molar-refractivity contribution in [2.75, 3.05) is 0 Å². The normalized spacial score (nSPS) is 8.59. The molecule has 0 saturated carbocycles. The van der Waals surface area contributed by atoms with Gasteiger partial charge in [-0.05, 0) is 27.7 Å². The second kappa shape index (κ2) is 14.9. The van der Waals surface area contributed by atoms with E-state index in [0.29, 0.717) is 0 Å². The Kier molecular flexibility index (Phi) is 15.5. The second-order valence-corrected chi connectivity index (χ2v) is 6.28. The van der Waals surface area contributed by atoms with Crippen molar-refractivity contribution in [3.05, 3.63) is 96.1 Å². The fourth-order valence-corrected chi connectivity index (χ4v) is 2.22. The Bertz CT molecular complexity index is 817. The molecule has 27 heavy (non-hydrogen) atoms. The Hall–Kier alpha value is -1.14. The van der Waals surface area contributed by atoms with Gasteiger partial charge in [0.2, 0.25) is 0 Å². The largest absolute Gasteiger partial charge is 4.00 e. The van der Waals surface area contributed by atoms with Gasteiger partial charge in [0, 0.05) is 0 Å². The van der Waals surface area contributed by atoms with Gasteiger partial charge in [0.25, 0.3) is 0 Å². The number of hydrogen-bond acceptors (Lipinski definition) is 0. The van der Waals surface area contributed by atoms with Crippen LogP contribution in [0.15, 0.2) is 96.1 Å². The van der Waals surface area contributed by atoms with Crippen molar-refractivity contribution in [1.29, 1.82) is 0 Å². The number of rotatable bonds is 0. The van der Waals surface area contributed by atoms with Gasteiger partial charge in [-0.25, -0.2) is 12.1 Å². The quantitative estimate of drug-likeness (QED) is 0.267. The zero-order chi connectivity index (χ0) is 17.4. The van der Waals surface area contributed by atoms with Crippen molar-refractivity contribution in [1.82, 2.24) is 0 Å². The Morgan fingerprint density at radius 1 is 0.593 bits per heavy atom. The third kappa shape index (κ3) is 9.07. The average molecular weight is 477 g/mol. The monoisotopic (exact) mass is 474 g/mol. The average Bonchev–Trinajstić information content (AvgIpc) is 3.26. The molecule has 0 aliphatic rings. The Labute approximate surface area is 195 Å². The summed E-state index contributed by atoms with van der Waals surface area (Å²) in [5, 5.41) is 5.39. The number of benzene rings is 2. The van der Waals surface area contributed by atoms with E-state index in [4.69, 9.17) is 0 Å². The van der Waals surface area contributed by atoms with Gasteiger partial charge in [-0.1, -0.05) is 47.5 Å². The van der Waals surface area contributed by atoms with Crippen LogP contribution in [-0.2, 0) is 26.2 Å². The van der Waals surface area contributed by atoms with E-state index in [1.54, 1.807) is 0 Å². The summed E-state index contributed by atoms with van der Waals surface area (Å²) < 4.78 is 0. The molecule has 3 heteroatoms. The van der Waals surface area contributed by atoms with Crippen LogP contribution in [0.2, 0.25) is 0 Å². The minimum atomic E-state index is 0. The first kappa shape index (κ1) is 28.1. The zero-order valence-corrected chi connectivity index (χ0v) is 20.3. The van der Waals surface area contributed by atoms with Crippen molar-refractivity contribution in [2.24, 2.45) is 0 Å². The molecule has 140 valence electrons. The summed E-state index contributed by atoms with van der Waals surface area (Å²) in [6, 6.07) is 29.3. The summed E-state index contributed by atoms with van der Waals surface area (Å²) in [7, 11) is 0. The SMILES string of the molecule is CC(C)=C(C)C.[Cl-].[Cl-].[Zr+4].c1cc[cH-]c1.c1ccc2c(c1)[cH-]c1ccccc12. The van der Waals surface area contributed by atoms with E-state index in [1.165, 1.54) is 32.7 Å². The minimum Gasteiger partial charge on any atom is -1.00 e. The Morgan fingerprint density at radius 2 is 0.963 bits per heavy atom. The summed E-state index contributed by atoms with van der Waals surface area (Å²) in [5.74, 6) is 0. The van der Waals surface area contributed by atoms with Gasteiger partial charge >= 0.3 is 26.2 Å². The van der Waals surface area contributed by atoms with Crippen LogP contribution in [-0.4, -0.2) is 0 Å². The summed E-state index contributed by atoms with van der Waals surface area (Å²) in [5.41, 5.74) is 2.85. The summed E-state index contributed by atoms with van der Waals surface area (Å²) in [6.45, 7) is 8.48. The molecule has 0 spiro atoms. The molecule has 0 bridgehead atoms. The van der Waals surface area contributed by atoms with Gasteiger partial charge in [-0.2, -0.15) is 18.2 Å². The molecule has 0 aliphatic carbocycles. The number of halogens is 2. The molecule has 4 rings (SSSR count). The van der Waals surface area contributed by atoms with Crippen LogP contribution in [0.5, 0.6) is 0 Å². The molecule has 4 aromatic rings. The van der Waals surface area contributed by atoms with Gasteiger partial charge < -0.3 is 24.8 Å². The van der Waals surface area contributed by atoms with Crippen LogP contribution in [0, 0.1) is 0 Å². The predicted octanol–water partition coefficient (Wildman–Crippen LogP) is 1.49. The van der Waals surface area contributed by atoms with E-state index >= 15 is 0 Å². The number of fused-ring (bicyclic) bond motifs is 3. The van der Waals surface area contributed by atoms with Gasteiger partial charge in [-0.3, -0.25) is 0 Å². The van der Waals surface area contributed by atoms with Crippen molar-refractivity contribution in [3.63, 3.8) is 0 Å². The molecular formula is C24H26Cl2Zr. The maximum absolute atomic E-state index is 2.24. The molecule has 4 aromatic carbocycles. The van der Waals surface area contributed by atoms with Crippen LogP contribution in [0.4, 0.5) is 0 Å². The van der Waals surface area contributed by atoms with Gasteiger partial charge in [0.05, 0.1) is 0 Å². The van der Waals surface area contributed by atoms with Crippen LogP contribution < -0.4 is 24.8 Å². The van der Waals surface area contributed by atoms with Crippen LogP contribution >= 0.6 is 0 Å². The minimum absolute atomic E-state index is 0. The van der Waals surface area contributed by atoms with E-state index in [1.807, 2.05) is 30.3 Å². The van der Waals surface area contributed by atoms with Crippen LogP contribution in [0.1, 0.15) is 27.7 Å². The molecule has 0 fully saturated rings. The number of allylic oxidation sites excluding steroid dienone is 2. The van der Waals surface area contributed by atoms with Crippen LogP contribution in [0.3, 0.4) is 0 Å². The van der Waals surface area contributed by atoms with E-state index in [-0.39, 0.29) is 51.0 Å². The standard InChI is InChI=1S/C13H9.C6H12.C5H5.2ClH.Zr/c1-3-7-12-10(5-1)9-11-6-2-4-8-13(11)12;1-5(2)6(3)4;1-2-4-5-3-1;;;/h1-9H;1-4H3;1-5H;2*1H;/q-1;;-1;;;+4/p-2. The van der Waals surface area contributed by atoms with Gasteiger partial charge in [0.1, 0.15) is 0 Å². The Balaban J connectivity index is 0. The molecule has 0 radical (unpaired) electrons. The summed E-state index contributed by atoms with van der Waals surface area (Å²) >= 11 is 0. The summed E-state index contributed by atoms with van der Waals surface area (Å²) in [4.78, 5) is 0. The molecule has 0 heterocycles. The third-order valence-corrected chi connectivity index (χ3v) is 4.08. The summed E-state index contributed by atoms with van der Waals surface area (Å²) in [6.07, 6.45) is 0. The molecule has 0 aromatic heterocycles. The smallest absolute Gasteiger partial charge is 1.00 e. The van der Waals surface area contributed by atoms with Gasteiger partial charge in [0.15, 0.2) is 0 Å². The Morgan fingerprint density at radius 3 is 1.26 bits per heavy atom. The van der Waals surface area contributed by atoms with E-state index < -0.39 is 0 Å². The van der Waals surface area contributed by atoms with Crippen molar-refractivity contribution in [3.8, 4) is 0 Å². The topological polar surface area (TPSA) is 0 Å². The van der Waals surface area contributed by atoms with Gasteiger partial charge in [-0.15, -0.1) is 39.7 Å². The van der Waals surface area contributed by atoms with Crippen LogP contribution in [0.25, 0.3) is 21.5 Å². The molecule has 0 unspecified atom stereocenters. The maximum Gasteiger partial charge on any atom is 4.00 e. The third-order valence-electron chi connectivity index (χ3n) is 4.08. The fraction of sp³-hybridized carbons (Fsp3) is 0.167. The van der Waals surface area contributed by atoms with E-state index in [0.717, 1.165) is 0 Å². The van der Waals surface area contributed by atoms with Crippen molar-refractivity contribution >= 4 is 21.5 Å². The first-order valence-electron chi connectivity index (χ1n) is 8.40. The second-order valence-electron chi connectivity index (χ2n) is 6.28. The molecule has 0 aliphatic heterocycles. The van der Waals surface area contributed by atoms with E-state index in [9.17, 15) is 0 Å². The predicted molar refractivity (Wildman–Crippen MR) is 109 cm³/mol. The molecule has 0 saturated heterocycles. The molecule has 0 atom stereocenters.